The van der Waals surface area contributed by atoms with E-state index in [1.54, 1.807) is 0 Å². The lowest BCUT2D eigenvalue weighted by atomic mass is 9.59. The normalized spacial score (nSPS) is 18.2. The van der Waals surface area contributed by atoms with Crippen LogP contribution in [0.5, 0.6) is 0 Å². The van der Waals surface area contributed by atoms with Crippen LogP contribution in [0, 0.1) is 5.92 Å². The molecule has 5 aromatic rings. The number of carboxylic acids is 2. The van der Waals surface area contributed by atoms with Crippen LogP contribution in [-0.4, -0.2) is 22.2 Å². The molecule has 1 unspecified atom stereocenters. The average Bonchev–Trinajstić information content (AvgIpc) is 2.96. The maximum absolute atomic E-state index is 11.6. The van der Waals surface area contributed by atoms with Crippen molar-refractivity contribution in [2.75, 3.05) is 0 Å². The molecule has 0 aliphatic heterocycles. The topological polar surface area (TPSA) is 74.6 Å². The molecule has 4 nitrogen and oxygen atoms in total. The maximum atomic E-state index is 11.6. The van der Waals surface area contributed by atoms with Gasteiger partial charge >= 0.3 is 11.9 Å². The van der Waals surface area contributed by atoms with E-state index >= 15 is 0 Å². The van der Waals surface area contributed by atoms with E-state index in [0.29, 0.717) is 0 Å². The highest BCUT2D eigenvalue weighted by molar-refractivity contribution is 5.98. The molecule has 0 fully saturated rings. The zero-order valence-electron chi connectivity index (χ0n) is 20.8. The minimum Gasteiger partial charge on any atom is -0.481 e. The van der Waals surface area contributed by atoms with Gasteiger partial charge in [0.1, 0.15) is 0 Å². The van der Waals surface area contributed by atoms with Gasteiger partial charge in [-0.3, -0.25) is 4.79 Å². The Morgan fingerprint density at radius 1 is 0.632 bits per heavy atom. The van der Waals surface area contributed by atoms with Crippen molar-refractivity contribution in [3.05, 3.63) is 144 Å². The first kappa shape index (κ1) is 25.0. The predicted octanol–water partition coefficient (Wildman–Crippen LogP) is 7.62. The summed E-state index contributed by atoms with van der Waals surface area (Å²) in [7, 11) is 0. The fourth-order valence-electron chi connectivity index (χ4n) is 5.76. The third-order valence-corrected chi connectivity index (χ3v) is 7.41. The molecule has 0 saturated heterocycles. The number of rotatable bonds is 2. The summed E-state index contributed by atoms with van der Waals surface area (Å²) in [6, 6.07) is 38.1. The number of benzene rings is 5. The number of fused-ring (bicyclic) bond motifs is 3. The molecule has 2 bridgehead atoms. The molecule has 0 amide bonds. The number of aliphatic carboxylic acids is 2. The third-order valence-electron chi connectivity index (χ3n) is 7.41. The van der Waals surface area contributed by atoms with Gasteiger partial charge in [0, 0.05) is 17.9 Å². The number of carbonyl (C=O) groups is 2. The van der Waals surface area contributed by atoms with Crippen molar-refractivity contribution < 1.29 is 19.8 Å². The molecular weight excluding hydrogens is 472 g/mol. The first-order chi connectivity index (χ1) is 18.5. The lowest BCUT2D eigenvalue weighted by molar-refractivity contribution is -0.143. The van der Waals surface area contributed by atoms with Crippen LogP contribution in [0.25, 0.3) is 21.5 Å². The predicted molar refractivity (Wildman–Crippen MR) is 152 cm³/mol. The van der Waals surface area contributed by atoms with Crippen molar-refractivity contribution in [1.82, 2.24) is 0 Å². The summed E-state index contributed by atoms with van der Waals surface area (Å²) in [6.45, 7) is 2.96. The maximum Gasteiger partial charge on any atom is 0.327 e. The Balaban J connectivity index is 0.000000136. The van der Waals surface area contributed by atoms with Gasteiger partial charge in [0.15, 0.2) is 0 Å². The number of carboxylic acid groups (broad SMARTS) is 2. The fourth-order valence-corrected chi connectivity index (χ4v) is 5.76. The summed E-state index contributed by atoms with van der Waals surface area (Å²) in [5, 5.41) is 22.4. The molecule has 5 aromatic carbocycles. The smallest absolute Gasteiger partial charge is 0.327 e. The summed E-state index contributed by atoms with van der Waals surface area (Å²) < 4.78 is 0. The van der Waals surface area contributed by atoms with Crippen LogP contribution in [0.1, 0.15) is 40.5 Å². The molecule has 2 N–H and O–H groups in total. The zero-order valence-corrected chi connectivity index (χ0v) is 20.8. The highest BCUT2D eigenvalue weighted by Gasteiger charge is 2.45. The highest BCUT2D eigenvalue weighted by atomic mass is 16.4. The van der Waals surface area contributed by atoms with E-state index in [-0.39, 0.29) is 17.8 Å². The molecule has 188 valence electrons. The van der Waals surface area contributed by atoms with Gasteiger partial charge in [0.25, 0.3) is 0 Å². The molecular formula is C34H28O4. The van der Waals surface area contributed by atoms with Crippen molar-refractivity contribution in [3.63, 3.8) is 0 Å². The Kier molecular flexibility index (Phi) is 7.05. The molecule has 1 atom stereocenters. The standard InChI is InChI=1S/C17H14O2.C14H10.C3H4O2/c18-17(19)15-9-14-10-5-1-3-7-12(10)16(15)13-8-4-2-6-11(13)14;1-2-6-12-10-14-8-4-3-7-13(14)9-11(12)5-1;1-2-3(4)5/h1-8,14-16H,9H2,(H,18,19);1-10H;2H,1H2,(H,4,5). The minimum absolute atomic E-state index is 0.0231. The first-order valence-corrected chi connectivity index (χ1v) is 12.6. The van der Waals surface area contributed by atoms with Crippen LogP contribution in [-0.2, 0) is 9.59 Å². The van der Waals surface area contributed by atoms with Crippen molar-refractivity contribution in [1.29, 1.82) is 0 Å². The number of hydrogen-bond acceptors (Lipinski definition) is 2. The Bertz CT molecular complexity index is 1500. The molecule has 0 heterocycles. The third kappa shape index (κ3) is 4.81. The van der Waals surface area contributed by atoms with Crippen LogP contribution < -0.4 is 0 Å². The van der Waals surface area contributed by atoms with E-state index < -0.39 is 11.9 Å². The molecule has 0 spiro atoms. The van der Waals surface area contributed by atoms with Crippen LogP contribution in [0.2, 0.25) is 0 Å². The quantitative estimate of drug-likeness (QED) is 0.193. The van der Waals surface area contributed by atoms with Gasteiger partial charge in [-0.25, -0.2) is 4.79 Å². The highest BCUT2D eigenvalue weighted by Crippen LogP contribution is 2.55. The Morgan fingerprint density at radius 2 is 0.974 bits per heavy atom. The summed E-state index contributed by atoms with van der Waals surface area (Å²) >= 11 is 0. The van der Waals surface area contributed by atoms with Crippen LogP contribution >= 0.6 is 0 Å². The van der Waals surface area contributed by atoms with E-state index in [9.17, 15) is 14.7 Å². The molecule has 0 saturated carbocycles. The van der Waals surface area contributed by atoms with Gasteiger partial charge in [-0.05, 0) is 62.4 Å². The first-order valence-electron chi connectivity index (χ1n) is 12.6. The van der Waals surface area contributed by atoms with Gasteiger partial charge in [-0.1, -0.05) is 104 Å². The summed E-state index contributed by atoms with van der Waals surface area (Å²) in [6.07, 6.45) is 1.56. The molecule has 3 aliphatic rings. The van der Waals surface area contributed by atoms with E-state index in [1.807, 2.05) is 12.1 Å². The average molecular weight is 501 g/mol. The lowest BCUT2D eigenvalue weighted by Gasteiger charge is -2.43. The number of hydrogen-bond donors (Lipinski definition) is 2. The fraction of sp³-hybridized carbons (Fsp3) is 0.118. The van der Waals surface area contributed by atoms with Gasteiger partial charge in [0.05, 0.1) is 5.92 Å². The largest absolute Gasteiger partial charge is 0.481 e. The Morgan fingerprint density at radius 3 is 1.32 bits per heavy atom. The zero-order chi connectivity index (χ0) is 26.6. The second-order valence-corrected chi connectivity index (χ2v) is 9.56. The summed E-state index contributed by atoms with van der Waals surface area (Å²) in [4.78, 5) is 20.8. The Hall–Kier alpha value is -4.70. The molecule has 38 heavy (non-hydrogen) atoms. The van der Waals surface area contributed by atoms with Gasteiger partial charge in [0.2, 0.25) is 0 Å². The van der Waals surface area contributed by atoms with Crippen LogP contribution in [0.15, 0.2) is 122 Å². The van der Waals surface area contributed by atoms with Gasteiger partial charge in [-0.15, -0.1) is 0 Å². The Labute approximate surface area is 221 Å². The lowest BCUT2D eigenvalue weighted by Crippen LogP contribution is -2.36. The van der Waals surface area contributed by atoms with E-state index in [0.717, 1.165) is 12.5 Å². The van der Waals surface area contributed by atoms with Crippen molar-refractivity contribution >= 4 is 33.5 Å². The van der Waals surface area contributed by atoms with Crippen molar-refractivity contribution in [3.8, 4) is 0 Å². The monoisotopic (exact) mass is 500 g/mol. The molecule has 3 aliphatic carbocycles. The minimum atomic E-state index is -0.981. The van der Waals surface area contributed by atoms with Crippen LogP contribution in [0.4, 0.5) is 0 Å². The van der Waals surface area contributed by atoms with Crippen molar-refractivity contribution in [2.24, 2.45) is 5.92 Å². The van der Waals surface area contributed by atoms with Crippen LogP contribution in [0.3, 0.4) is 0 Å². The summed E-state index contributed by atoms with van der Waals surface area (Å²) in [5.74, 6) is -1.66. The van der Waals surface area contributed by atoms with E-state index in [1.165, 1.54) is 43.8 Å². The SMILES string of the molecule is C=CC(=O)O.O=C(O)C1CC2c3ccccc3C1c1ccccc12.c1ccc2cc3ccccc3cc2c1. The van der Waals surface area contributed by atoms with Gasteiger partial charge in [-0.2, -0.15) is 0 Å². The second kappa shape index (κ2) is 10.7. The summed E-state index contributed by atoms with van der Waals surface area (Å²) in [5.41, 5.74) is 5.07. The van der Waals surface area contributed by atoms with E-state index in [2.05, 4.69) is 104 Å². The molecule has 8 rings (SSSR count). The molecule has 4 heteroatoms. The molecule has 0 radical (unpaired) electrons. The molecule has 0 aromatic heterocycles. The van der Waals surface area contributed by atoms with Crippen molar-refractivity contribution in [2.45, 2.75) is 18.3 Å². The van der Waals surface area contributed by atoms with Gasteiger partial charge < -0.3 is 10.2 Å². The second-order valence-electron chi connectivity index (χ2n) is 9.56. The van der Waals surface area contributed by atoms with E-state index in [4.69, 9.17) is 5.11 Å².